The van der Waals surface area contributed by atoms with Crippen LogP contribution in [-0.4, -0.2) is 13.5 Å². The highest BCUT2D eigenvalue weighted by Crippen LogP contribution is 2.26. The molecular formula is C9H20OSi. The summed E-state index contributed by atoms with van der Waals surface area (Å²) in [6.45, 7) is 12.5. The van der Waals surface area contributed by atoms with Gasteiger partial charge in [0.15, 0.2) is 0 Å². The molecule has 0 aromatic heterocycles. The molecule has 0 atom stereocenters. The van der Waals surface area contributed by atoms with Crippen molar-refractivity contribution in [3.8, 4) is 0 Å². The van der Waals surface area contributed by atoms with E-state index in [1.165, 1.54) is 0 Å². The standard InChI is InChI=1S/C9H20OSi/c1-7-9(2,3)8(10)11(4,5)6/h7H2,1-6H3. The number of carbonyl (C=O) groups is 1. The second-order valence-electron chi connectivity index (χ2n) is 4.82. The Bertz CT molecular complexity index is 153. The third kappa shape index (κ3) is 2.77. The molecule has 0 fully saturated rings. The number of hydrogen-bond donors (Lipinski definition) is 0. The van der Waals surface area contributed by atoms with E-state index in [0.717, 1.165) is 6.42 Å². The molecule has 66 valence electrons. The van der Waals surface area contributed by atoms with Gasteiger partial charge in [0.2, 0.25) is 0 Å². The van der Waals surface area contributed by atoms with Gasteiger partial charge in [0.1, 0.15) is 13.5 Å². The molecule has 0 unspecified atom stereocenters. The zero-order chi connectivity index (χ0) is 9.28. The van der Waals surface area contributed by atoms with Crippen LogP contribution >= 0.6 is 0 Å². The van der Waals surface area contributed by atoms with Gasteiger partial charge in [0.25, 0.3) is 0 Å². The van der Waals surface area contributed by atoms with Gasteiger partial charge in [-0.15, -0.1) is 0 Å². The lowest BCUT2D eigenvalue weighted by molar-refractivity contribution is -0.120. The van der Waals surface area contributed by atoms with Crippen molar-refractivity contribution in [2.75, 3.05) is 0 Å². The van der Waals surface area contributed by atoms with E-state index in [4.69, 9.17) is 0 Å². The predicted molar refractivity (Wildman–Crippen MR) is 52.4 cm³/mol. The van der Waals surface area contributed by atoms with Gasteiger partial charge in [0.05, 0.1) is 0 Å². The van der Waals surface area contributed by atoms with Crippen molar-refractivity contribution >= 4 is 13.5 Å². The number of carbonyl (C=O) groups excluding carboxylic acids is 1. The molecule has 0 N–H and O–H groups in total. The summed E-state index contributed by atoms with van der Waals surface area (Å²) in [5.74, 6) is 0. The van der Waals surface area contributed by atoms with E-state index < -0.39 is 8.07 Å². The van der Waals surface area contributed by atoms with Crippen molar-refractivity contribution in [3.63, 3.8) is 0 Å². The van der Waals surface area contributed by atoms with Crippen LogP contribution in [0.2, 0.25) is 19.6 Å². The van der Waals surface area contributed by atoms with Crippen molar-refractivity contribution in [2.24, 2.45) is 5.41 Å². The summed E-state index contributed by atoms with van der Waals surface area (Å²) in [7, 11) is -1.56. The van der Waals surface area contributed by atoms with E-state index in [-0.39, 0.29) is 5.41 Å². The molecule has 0 radical (unpaired) electrons. The SMILES string of the molecule is CCC(C)(C)C(=O)[Si](C)(C)C. The quantitative estimate of drug-likeness (QED) is 0.598. The van der Waals surface area contributed by atoms with Crippen molar-refractivity contribution in [3.05, 3.63) is 0 Å². The summed E-state index contributed by atoms with van der Waals surface area (Å²) in [4.78, 5) is 11.8. The van der Waals surface area contributed by atoms with Crippen LogP contribution in [0.1, 0.15) is 27.2 Å². The van der Waals surface area contributed by atoms with Crippen LogP contribution in [0.15, 0.2) is 0 Å². The zero-order valence-electron chi connectivity index (χ0n) is 8.62. The Morgan fingerprint density at radius 2 is 1.64 bits per heavy atom. The van der Waals surface area contributed by atoms with E-state index in [0.29, 0.717) is 5.41 Å². The fourth-order valence-corrected chi connectivity index (χ4v) is 3.38. The molecular weight excluding hydrogens is 152 g/mol. The molecule has 0 aliphatic rings. The molecule has 11 heavy (non-hydrogen) atoms. The van der Waals surface area contributed by atoms with Crippen LogP contribution in [-0.2, 0) is 4.79 Å². The van der Waals surface area contributed by atoms with Crippen molar-refractivity contribution in [2.45, 2.75) is 46.8 Å². The van der Waals surface area contributed by atoms with Crippen LogP contribution in [0.5, 0.6) is 0 Å². The Kier molecular flexibility index (Phi) is 3.06. The normalized spacial score (nSPS) is 13.3. The average molecular weight is 172 g/mol. The molecule has 0 aromatic rings. The first-order chi connectivity index (χ1) is 4.72. The highest BCUT2D eigenvalue weighted by molar-refractivity contribution is 7.03. The first kappa shape index (κ1) is 10.9. The molecule has 2 heteroatoms. The average Bonchev–Trinajstić information content (AvgIpc) is 1.84. The maximum atomic E-state index is 11.8. The summed E-state index contributed by atoms with van der Waals surface area (Å²) in [5, 5.41) is 0.493. The Hall–Kier alpha value is -0.113. The summed E-state index contributed by atoms with van der Waals surface area (Å²) < 4.78 is 0. The molecule has 0 saturated carbocycles. The van der Waals surface area contributed by atoms with Crippen LogP contribution in [0.25, 0.3) is 0 Å². The van der Waals surface area contributed by atoms with E-state index in [1.807, 2.05) is 13.8 Å². The Morgan fingerprint density at radius 3 is 1.73 bits per heavy atom. The fraction of sp³-hybridized carbons (Fsp3) is 0.889. The zero-order valence-corrected chi connectivity index (χ0v) is 9.62. The second-order valence-corrected chi connectivity index (χ2v) is 9.77. The molecule has 1 nitrogen and oxygen atoms in total. The summed E-state index contributed by atoms with van der Waals surface area (Å²) in [6, 6.07) is 0. The fourth-order valence-electron chi connectivity index (χ4n) is 1.18. The van der Waals surface area contributed by atoms with Crippen molar-refractivity contribution in [1.29, 1.82) is 0 Å². The summed E-state index contributed by atoms with van der Waals surface area (Å²) in [5.41, 5.74) is -0.0928. The van der Waals surface area contributed by atoms with Gasteiger partial charge >= 0.3 is 0 Å². The highest BCUT2D eigenvalue weighted by Gasteiger charge is 2.35. The first-order valence-corrected chi connectivity index (χ1v) is 7.76. The van der Waals surface area contributed by atoms with Gasteiger partial charge in [-0.1, -0.05) is 40.4 Å². The van der Waals surface area contributed by atoms with Crippen molar-refractivity contribution in [1.82, 2.24) is 0 Å². The highest BCUT2D eigenvalue weighted by atomic mass is 28.3. The lowest BCUT2D eigenvalue weighted by Crippen LogP contribution is -2.43. The molecule has 0 bridgehead atoms. The molecule has 0 aliphatic heterocycles. The molecule has 0 heterocycles. The number of rotatable bonds is 3. The summed E-state index contributed by atoms with van der Waals surface area (Å²) >= 11 is 0. The molecule has 0 spiro atoms. The van der Waals surface area contributed by atoms with Gasteiger partial charge in [-0.2, -0.15) is 0 Å². The van der Waals surface area contributed by atoms with Crippen LogP contribution in [0, 0.1) is 5.41 Å². The summed E-state index contributed by atoms with van der Waals surface area (Å²) in [6.07, 6.45) is 0.954. The van der Waals surface area contributed by atoms with E-state index in [2.05, 4.69) is 26.6 Å². The van der Waals surface area contributed by atoms with Gasteiger partial charge in [-0.3, -0.25) is 0 Å². The van der Waals surface area contributed by atoms with E-state index in [9.17, 15) is 4.79 Å². The maximum absolute atomic E-state index is 11.8. The third-order valence-corrected chi connectivity index (χ3v) is 4.22. The smallest absolute Gasteiger partial charge is 0.124 e. The Morgan fingerprint density at radius 1 is 1.27 bits per heavy atom. The third-order valence-electron chi connectivity index (χ3n) is 2.18. The minimum atomic E-state index is -1.56. The topological polar surface area (TPSA) is 17.1 Å². The van der Waals surface area contributed by atoms with Crippen molar-refractivity contribution < 1.29 is 4.79 Å². The van der Waals surface area contributed by atoms with Crippen LogP contribution in [0.4, 0.5) is 0 Å². The molecule has 0 aromatic carbocycles. The predicted octanol–water partition coefficient (Wildman–Crippen LogP) is 2.87. The Balaban J connectivity index is 4.50. The maximum Gasteiger partial charge on any atom is 0.124 e. The minimum Gasteiger partial charge on any atom is -0.305 e. The largest absolute Gasteiger partial charge is 0.305 e. The Labute approximate surface area is 71.2 Å². The molecule has 0 amide bonds. The van der Waals surface area contributed by atoms with Crippen LogP contribution in [0.3, 0.4) is 0 Å². The minimum absolute atomic E-state index is 0.0928. The molecule has 0 saturated heterocycles. The van der Waals surface area contributed by atoms with Crippen LogP contribution < -0.4 is 0 Å². The first-order valence-electron chi connectivity index (χ1n) is 4.26. The second kappa shape index (κ2) is 3.09. The molecule has 0 rings (SSSR count). The van der Waals surface area contributed by atoms with Gasteiger partial charge in [0, 0.05) is 5.41 Å². The lowest BCUT2D eigenvalue weighted by Gasteiger charge is -2.28. The number of hydrogen-bond acceptors (Lipinski definition) is 1. The monoisotopic (exact) mass is 172 g/mol. The lowest BCUT2D eigenvalue weighted by atomic mass is 9.92. The van der Waals surface area contributed by atoms with Gasteiger partial charge in [-0.25, -0.2) is 0 Å². The van der Waals surface area contributed by atoms with Gasteiger partial charge in [-0.05, 0) is 6.42 Å². The van der Waals surface area contributed by atoms with E-state index >= 15 is 0 Å². The van der Waals surface area contributed by atoms with E-state index in [1.54, 1.807) is 0 Å². The molecule has 0 aliphatic carbocycles. The van der Waals surface area contributed by atoms with Gasteiger partial charge < -0.3 is 4.79 Å².